The number of alkyl halides is 3. The fraction of sp³-hybridized carbons (Fsp3) is 0.143. The minimum Gasteiger partial charge on any atom is -0.369 e. The summed E-state index contributed by atoms with van der Waals surface area (Å²) in [4.78, 5) is 8.54. The number of anilines is 1. The highest BCUT2D eigenvalue weighted by atomic mass is 32.1. The molecule has 0 aliphatic carbocycles. The number of aromatic nitrogens is 2. The first-order valence-corrected chi connectivity index (χ1v) is 9.54. The van der Waals surface area contributed by atoms with Crippen molar-refractivity contribution < 1.29 is 13.2 Å². The van der Waals surface area contributed by atoms with E-state index in [0.29, 0.717) is 39.7 Å². The van der Waals surface area contributed by atoms with E-state index in [0.717, 1.165) is 23.6 Å². The molecule has 4 rings (SSSR count). The van der Waals surface area contributed by atoms with E-state index in [1.807, 2.05) is 60.7 Å². The molecule has 0 bridgehead atoms. The summed E-state index contributed by atoms with van der Waals surface area (Å²) in [6.45, 7) is 0.557. The van der Waals surface area contributed by atoms with Crippen molar-refractivity contribution in [3.05, 3.63) is 77.2 Å². The van der Waals surface area contributed by atoms with E-state index >= 15 is 0 Å². The van der Waals surface area contributed by atoms with Crippen molar-refractivity contribution in [3.63, 3.8) is 0 Å². The highest BCUT2D eigenvalue weighted by Crippen LogP contribution is 2.39. The van der Waals surface area contributed by atoms with E-state index in [1.165, 1.54) is 0 Å². The second kappa shape index (κ2) is 7.59. The third-order valence-corrected chi connectivity index (χ3v) is 5.33. The summed E-state index contributed by atoms with van der Waals surface area (Å²) in [5, 5.41) is 3.59. The number of nitrogens with one attached hydrogen (secondary N) is 1. The molecule has 1 N–H and O–H groups in total. The Bertz CT molecular complexity index is 1080. The van der Waals surface area contributed by atoms with E-state index < -0.39 is 11.1 Å². The number of rotatable bonds is 5. The molecule has 0 fully saturated rings. The zero-order valence-corrected chi connectivity index (χ0v) is 15.5. The minimum atomic E-state index is -4.40. The minimum absolute atomic E-state index is 0.323. The zero-order chi connectivity index (χ0) is 19.6. The Balaban J connectivity index is 1.70. The third kappa shape index (κ3) is 3.99. The van der Waals surface area contributed by atoms with E-state index in [-0.39, 0.29) is 0 Å². The molecule has 0 saturated heterocycles. The predicted molar refractivity (Wildman–Crippen MR) is 106 cm³/mol. The number of halogens is 3. The first-order chi connectivity index (χ1) is 13.5. The molecular weight excluding hydrogens is 383 g/mol. The summed E-state index contributed by atoms with van der Waals surface area (Å²) in [5.74, 6) is 0.831. The van der Waals surface area contributed by atoms with Crippen LogP contribution in [0.1, 0.15) is 10.4 Å². The average Bonchev–Trinajstić information content (AvgIpc) is 3.14. The Hall–Kier alpha value is -2.93. The largest absolute Gasteiger partial charge is 0.425 e. The number of hydrogen-bond donors (Lipinski definition) is 1. The van der Waals surface area contributed by atoms with Gasteiger partial charge in [-0.1, -0.05) is 60.7 Å². The van der Waals surface area contributed by atoms with Crippen LogP contribution in [0.25, 0.3) is 21.6 Å². The maximum atomic E-state index is 13.2. The van der Waals surface area contributed by atoms with Crippen molar-refractivity contribution >= 4 is 27.4 Å². The van der Waals surface area contributed by atoms with Crippen molar-refractivity contribution in [2.75, 3.05) is 11.9 Å². The Labute approximate surface area is 163 Å². The molecule has 7 heteroatoms. The van der Waals surface area contributed by atoms with E-state index in [2.05, 4.69) is 15.3 Å². The molecule has 2 aromatic carbocycles. The lowest BCUT2D eigenvalue weighted by molar-refractivity contribution is -0.134. The zero-order valence-electron chi connectivity index (χ0n) is 14.7. The van der Waals surface area contributed by atoms with Gasteiger partial charge in [0.25, 0.3) is 0 Å². The average molecular weight is 399 g/mol. The quantitative estimate of drug-likeness (QED) is 0.445. The molecular formula is C21H16F3N3S. The van der Waals surface area contributed by atoms with Gasteiger partial charge in [0.1, 0.15) is 15.5 Å². The van der Waals surface area contributed by atoms with Crippen LogP contribution in [0, 0.1) is 0 Å². The van der Waals surface area contributed by atoms with Crippen molar-refractivity contribution in [3.8, 4) is 11.4 Å². The first kappa shape index (κ1) is 18.4. The van der Waals surface area contributed by atoms with Crippen molar-refractivity contribution in [1.82, 2.24) is 9.97 Å². The number of hydrogen-bond acceptors (Lipinski definition) is 4. The lowest BCUT2D eigenvalue weighted by Crippen LogP contribution is -2.07. The second-order valence-electron chi connectivity index (χ2n) is 6.25. The van der Waals surface area contributed by atoms with Crippen molar-refractivity contribution in [1.29, 1.82) is 0 Å². The summed E-state index contributed by atoms with van der Waals surface area (Å²) in [6, 6.07) is 20.3. The van der Waals surface area contributed by atoms with Crippen LogP contribution in [-0.2, 0) is 12.6 Å². The Morgan fingerprint density at radius 1 is 0.893 bits per heavy atom. The molecule has 2 heterocycles. The summed E-state index contributed by atoms with van der Waals surface area (Å²) < 4.78 is 39.6. The van der Waals surface area contributed by atoms with Gasteiger partial charge in [-0.2, -0.15) is 13.2 Å². The highest BCUT2D eigenvalue weighted by Gasteiger charge is 2.33. The molecule has 0 aliphatic rings. The molecule has 0 saturated carbocycles. The smallest absolute Gasteiger partial charge is 0.369 e. The van der Waals surface area contributed by atoms with E-state index in [1.54, 1.807) is 0 Å². The van der Waals surface area contributed by atoms with Crippen LogP contribution in [0.15, 0.2) is 66.7 Å². The van der Waals surface area contributed by atoms with Crippen LogP contribution in [0.3, 0.4) is 0 Å². The monoisotopic (exact) mass is 399 g/mol. The predicted octanol–water partition coefficient (Wildman–Crippen LogP) is 6.03. The van der Waals surface area contributed by atoms with Crippen LogP contribution < -0.4 is 5.32 Å². The summed E-state index contributed by atoms with van der Waals surface area (Å²) in [7, 11) is 0. The fourth-order valence-electron chi connectivity index (χ4n) is 2.88. The van der Waals surface area contributed by atoms with Gasteiger partial charge in [-0.25, -0.2) is 9.97 Å². The van der Waals surface area contributed by atoms with Gasteiger partial charge in [-0.3, -0.25) is 0 Å². The van der Waals surface area contributed by atoms with Crippen LogP contribution in [0.5, 0.6) is 0 Å². The van der Waals surface area contributed by atoms with E-state index in [4.69, 9.17) is 0 Å². The van der Waals surface area contributed by atoms with Gasteiger partial charge in [0.05, 0.1) is 5.39 Å². The normalized spacial score (nSPS) is 11.7. The lowest BCUT2D eigenvalue weighted by Gasteiger charge is -2.09. The van der Waals surface area contributed by atoms with Crippen LogP contribution in [0.2, 0.25) is 0 Å². The molecule has 0 atom stereocenters. The van der Waals surface area contributed by atoms with Crippen LogP contribution in [0.4, 0.5) is 19.0 Å². The molecule has 2 aromatic heterocycles. The van der Waals surface area contributed by atoms with Crippen LogP contribution >= 0.6 is 11.3 Å². The number of benzene rings is 2. The lowest BCUT2D eigenvalue weighted by atomic mass is 10.1. The summed E-state index contributed by atoms with van der Waals surface area (Å²) >= 11 is 0.641. The molecule has 28 heavy (non-hydrogen) atoms. The number of thiophene rings is 1. The van der Waals surface area contributed by atoms with Crippen molar-refractivity contribution in [2.45, 2.75) is 12.6 Å². The van der Waals surface area contributed by atoms with Gasteiger partial charge >= 0.3 is 6.18 Å². The van der Waals surface area contributed by atoms with Gasteiger partial charge in [0.15, 0.2) is 5.82 Å². The summed E-state index contributed by atoms with van der Waals surface area (Å²) in [6.07, 6.45) is -3.66. The number of fused-ring (bicyclic) bond motifs is 1. The van der Waals surface area contributed by atoms with Crippen molar-refractivity contribution in [2.24, 2.45) is 0 Å². The van der Waals surface area contributed by atoms with Gasteiger partial charge in [0.2, 0.25) is 0 Å². The van der Waals surface area contributed by atoms with Gasteiger partial charge in [0, 0.05) is 12.1 Å². The molecule has 3 nitrogen and oxygen atoms in total. The van der Waals surface area contributed by atoms with Crippen LogP contribution in [-0.4, -0.2) is 16.5 Å². The maximum Gasteiger partial charge on any atom is 0.425 e. The topological polar surface area (TPSA) is 37.8 Å². The Kier molecular flexibility index (Phi) is 5.00. The van der Waals surface area contributed by atoms with Gasteiger partial charge < -0.3 is 5.32 Å². The highest BCUT2D eigenvalue weighted by molar-refractivity contribution is 7.18. The molecule has 142 valence electrons. The second-order valence-corrected chi connectivity index (χ2v) is 7.28. The fourth-order valence-corrected chi connectivity index (χ4v) is 3.78. The number of nitrogens with zero attached hydrogens (tertiary/aromatic N) is 2. The summed E-state index contributed by atoms with van der Waals surface area (Å²) in [5.41, 5.74) is 1.90. The molecule has 0 radical (unpaired) electrons. The molecule has 4 aromatic rings. The van der Waals surface area contributed by atoms with Gasteiger partial charge in [-0.15, -0.1) is 11.3 Å². The standard InChI is InChI=1S/C21H16F3N3S/c22-21(23,24)17-13-16-19(25-12-11-14-7-3-1-4-8-14)26-18(27-20(16)28-17)15-9-5-2-6-10-15/h1-10,13H,11-12H2,(H,25,26,27). The third-order valence-electron chi connectivity index (χ3n) is 4.25. The molecule has 0 unspecified atom stereocenters. The maximum absolute atomic E-state index is 13.2. The SMILES string of the molecule is FC(F)(F)c1cc2c(NCCc3ccccc3)nc(-c3ccccc3)nc2s1. The first-order valence-electron chi connectivity index (χ1n) is 8.73. The Morgan fingerprint density at radius 2 is 1.57 bits per heavy atom. The Morgan fingerprint density at radius 3 is 2.25 bits per heavy atom. The molecule has 0 amide bonds. The molecule has 0 aliphatic heterocycles. The van der Waals surface area contributed by atoms with Gasteiger partial charge in [-0.05, 0) is 18.1 Å². The molecule has 0 spiro atoms. The van der Waals surface area contributed by atoms with E-state index in [9.17, 15) is 13.2 Å².